The third-order valence-corrected chi connectivity index (χ3v) is 3.75. The predicted octanol–water partition coefficient (Wildman–Crippen LogP) is 1.30. The molecule has 1 amide bonds. The molecule has 88 valence electrons. The zero-order valence-electron chi connectivity index (χ0n) is 8.99. The molecule has 1 unspecified atom stereocenters. The Hall–Kier alpha value is -1.52. The van der Waals surface area contributed by atoms with Crippen molar-refractivity contribution >= 4 is 12.1 Å². The first-order valence-electron chi connectivity index (χ1n) is 5.36. The first-order chi connectivity index (χ1) is 7.56. The van der Waals surface area contributed by atoms with Crippen LogP contribution in [0.1, 0.15) is 25.7 Å². The zero-order chi connectivity index (χ0) is 11.8. The number of carbonyl (C=O) groups is 2. The molecule has 0 aromatic heterocycles. The van der Waals surface area contributed by atoms with Crippen molar-refractivity contribution in [2.45, 2.75) is 31.2 Å². The monoisotopic (exact) mass is 225 g/mol. The van der Waals surface area contributed by atoms with Crippen molar-refractivity contribution in [2.75, 3.05) is 6.61 Å². The fourth-order valence-corrected chi connectivity index (χ4v) is 2.48. The van der Waals surface area contributed by atoms with Crippen molar-refractivity contribution in [2.24, 2.45) is 5.41 Å². The van der Waals surface area contributed by atoms with Crippen molar-refractivity contribution in [3.8, 4) is 0 Å². The number of hydrogen-bond donors (Lipinski definition) is 2. The zero-order valence-corrected chi connectivity index (χ0v) is 8.99. The molecule has 16 heavy (non-hydrogen) atoms. The van der Waals surface area contributed by atoms with Crippen LogP contribution in [0.3, 0.4) is 0 Å². The van der Waals surface area contributed by atoms with Crippen molar-refractivity contribution in [3.05, 3.63) is 12.7 Å². The highest BCUT2D eigenvalue weighted by Gasteiger charge is 2.70. The van der Waals surface area contributed by atoms with E-state index in [2.05, 4.69) is 11.9 Å². The molecule has 0 saturated heterocycles. The Bertz CT molecular complexity index is 348. The van der Waals surface area contributed by atoms with Crippen LogP contribution in [0.4, 0.5) is 4.79 Å². The highest BCUT2D eigenvalue weighted by atomic mass is 16.5. The summed E-state index contributed by atoms with van der Waals surface area (Å²) < 4.78 is 4.76. The van der Waals surface area contributed by atoms with E-state index in [0.717, 1.165) is 19.3 Å². The molecule has 0 radical (unpaired) electrons. The summed E-state index contributed by atoms with van der Waals surface area (Å²) in [6.07, 6.45) is 3.89. The van der Waals surface area contributed by atoms with Crippen molar-refractivity contribution < 1.29 is 19.4 Å². The van der Waals surface area contributed by atoms with Crippen LogP contribution in [-0.2, 0) is 9.53 Å². The first kappa shape index (κ1) is 11.0. The molecule has 2 rings (SSSR count). The maximum absolute atomic E-state index is 11.4. The van der Waals surface area contributed by atoms with E-state index in [-0.39, 0.29) is 12.0 Å². The van der Waals surface area contributed by atoms with Gasteiger partial charge in [0.05, 0.1) is 0 Å². The highest BCUT2D eigenvalue weighted by Crippen LogP contribution is 2.66. The fraction of sp³-hybridized carbons (Fsp3) is 0.636. The summed E-state index contributed by atoms with van der Waals surface area (Å²) in [5.74, 6) is -0.952. The molecule has 2 saturated carbocycles. The lowest BCUT2D eigenvalue weighted by molar-refractivity contribution is -0.154. The number of hydrogen-bond acceptors (Lipinski definition) is 3. The number of carboxylic acid groups (broad SMARTS) is 1. The number of alkyl carbamates (subject to hydrolysis) is 1. The van der Waals surface area contributed by atoms with Crippen LogP contribution < -0.4 is 5.32 Å². The molecule has 0 aromatic rings. The third kappa shape index (κ3) is 1.38. The van der Waals surface area contributed by atoms with Crippen molar-refractivity contribution in [1.82, 2.24) is 5.32 Å². The Morgan fingerprint density at radius 3 is 2.38 bits per heavy atom. The second-order valence-electron chi connectivity index (χ2n) is 4.50. The van der Waals surface area contributed by atoms with Gasteiger partial charge in [-0.3, -0.25) is 0 Å². The molecule has 0 aromatic carbocycles. The van der Waals surface area contributed by atoms with E-state index in [1.807, 2.05) is 0 Å². The van der Waals surface area contributed by atoms with Gasteiger partial charge in [0.25, 0.3) is 0 Å². The molecule has 5 heteroatoms. The van der Waals surface area contributed by atoms with Crippen LogP contribution >= 0.6 is 0 Å². The lowest BCUT2D eigenvalue weighted by Crippen LogP contribution is -2.66. The fourth-order valence-electron chi connectivity index (χ4n) is 2.48. The van der Waals surface area contributed by atoms with Crippen LogP contribution in [0.15, 0.2) is 12.7 Å². The summed E-state index contributed by atoms with van der Waals surface area (Å²) in [6.45, 7) is 3.51. The number of rotatable bonds is 4. The summed E-state index contributed by atoms with van der Waals surface area (Å²) in [5.41, 5.74) is -1.29. The average Bonchev–Trinajstić information content (AvgIpc) is 3.02. The number of amides is 1. The standard InChI is InChI=1S/C11H15NO4/c1-2-7-16-9(15)12-11(8(13)14)6-5-10(11)3-4-10/h2H,1,3-7H2,(H,12,15)(H,13,14). The van der Waals surface area contributed by atoms with Gasteiger partial charge in [0.15, 0.2) is 0 Å². The average molecular weight is 225 g/mol. The van der Waals surface area contributed by atoms with Gasteiger partial charge in [-0.15, -0.1) is 0 Å². The summed E-state index contributed by atoms with van der Waals surface area (Å²) in [4.78, 5) is 22.7. The molecule has 2 aliphatic rings. The van der Waals surface area contributed by atoms with Crippen molar-refractivity contribution in [3.63, 3.8) is 0 Å². The van der Waals surface area contributed by atoms with E-state index >= 15 is 0 Å². The SMILES string of the molecule is C=CCOC(=O)NC1(C(=O)O)CCC12CC2. The Labute approximate surface area is 93.5 Å². The van der Waals surface area contributed by atoms with Crippen molar-refractivity contribution in [1.29, 1.82) is 0 Å². The van der Waals surface area contributed by atoms with E-state index in [1.54, 1.807) is 0 Å². The number of aliphatic carboxylic acids is 1. The summed E-state index contributed by atoms with van der Waals surface area (Å²) in [7, 11) is 0. The predicted molar refractivity (Wildman–Crippen MR) is 55.9 cm³/mol. The number of carboxylic acids is 1. The van der Waals surface area contributed by atoms with E-state index in [4.69, 9.17) is 4.74 Å². The Balaban J connectivity index is 2.02. The Morgan fingerprint density at radius 2 is 2.00 bits per heavy atom. The van der Waals surface area contributed by atoms with Gasteiger partial charge >= 0.3 is 12.1 Å². The largest absolute Gasteiger partial charge is 0.479 e. The maximum Gasteiger partial charge on any atom is 0.408 e. The van der Waals surface area contributed by atoms with Crippen LogP contribution in [0.2, 0.25) is 0 Å². The molecular weight excluding hydrogens is 210 g/mol. The highest BCUT2D eigenvalue weighted by molar-refractivity contribution is 5.87. The number of nitrogens with one attached hydrogen (secondary N) is 1. The van der Waals surface area contributed by atoms with E-state index in [1.165, 1.54) is 6.08 Å². The van der Waals surface area contributed by atoms with Gasteiger partial charge in [-0.2, -0.15) is 0 Å². The quantitative estimate of drug-likeness (QED) is 0.707. The second-order valence-corrected chi connectivity index (χ2v) is 4.50. The van der Waals surface area contributed by atoms with Gasteiger partial charge in [-0.1, -0.05) is 12.7 Å². The molecule has 2 fully saturated rings. The molecule has 2 N–H and O–H groups in total. The molecule has 0 bridgehead atoms. The van der Waals surface area contributed by atoms with Gasteiger partial charge in [-0.05, 0) is 25.7 Å². The lowest BCUT2D eigenvalue weighted by Gasteiger charge is -2.47. The minimum absolute atomic E-state index is 0.0918. The molecule has 1 atom stereocenters. The summed E-state index contributed by atoms with van der Waals surface area (Å²) in [6, 6.07) is 0. The summed E-state index contributed by atoms with van der Waals surface area (Å²) >= 11 is 0. The normalized spacial score (nSPS) is 29.0. The molecule has 5 nitrogen and oxygen atoms in total. The van der Waals surface area contributed by atoms with Crippen LogP contribution in [0.5, 0.6) is 0 Å². The van der Waals surface area contributed by atoms with Gasteiger partial charge in [0, 0.05) is 5.41 Å². The number of carbonyl (C=O) groups excluding carboxylic acids is 1. The van der Waals surface area contributed by atoms with Gasteiger partial charge in [0.1, 0.15) is 12.1 Å². The first-order valence-corrected chi connectivity index (χ1v) is 5.36. The van der Waals surface area contributed by atoms with E-state index < -0.39 is 17.6 Å². The second kappa shape index (κ2) is 3.50. The smallest absolute Gasteiger partial charge is 0.408 e. The minimum atomic E-state index is -1.09. The maximum atomic E-state index is 11.4. The van der Waals surface area contributed by atoms with Crippen LogP contribution in [0.25, 0.3) is 0 Å². The minimum Gasteiger partial charge on any atom is -0.479 e. The number of ether oxygens (including phenoxy) is 1. The van der Waals surface area contributed by atoms with Gasteiger partial charge in [-0.25, -0.2) is 9.59 Å². The molecule has 0 aliphatic heterocycles. The molecular formula is C11H15NO4. The Morgan fingerprint density at radius 1 is 1.38 bits per heavy atom. The molecule has 1 spiro atoms. The van der Waals surface area contributed by atoms with E-state index in [9.17, 15) is 14.7 Å². The molecule has 0 heterocycles. The van der Waals surface area contributed by atoms with E-state index in [0.29, 0.717) is 6.42 Å². The summed E-state index contributed by atoms with van der Waals surface area (Å²) in [5, 5.41) is 11.8. The third-order valence-electron chi connectivity index (χ3n) is 3.75. The van der Waals surface area contributed by atoms with Crippen LogP contribution in [0, 0.1) is 5.41 Å². The topological polar surface area (TPSA) is 75.6 Å². The van der Waals surface area contributed by atoms with Gasteiger partial charge < -0.3 is 15.2 Å². The lowest BCUT2D eigenvalue weighted by atomic mass is 9.63. The Kier molecular flexibility index (Phi) is 2.40. The van der Waals surface area contributed by atoms with Gasteiger partial charge in [0.2, 0.25) is 0 Å². The van der Waals surface area contributed by atoms with Crippen LogP contribution in [-0.4, -0.2) is 29.3 Å². The molecule has 2 aliphatic carbocycles.